The zero-order valence-electron chi connectivity index (χ0n) is 9.13. The summed E-state index contributed by atoms with van der Waals surface area (Å²) in [6.07, 6.45) is -0.573. The number of rotatable bonds is 2. The van der Waals surface area contributed by atoms with Crippen LogP contribution < -0.4 is 0 Å². The van der Waals surface area contributed by atoms with E-state index in [1.807, 2.05) is 19.1 Å². The molecule has 1 nitrogen and oxygen atoms in total. The van der Waals surface area contributed by atoms with Crippen molar-refractivity contribution in [3.63, 3.8) is 0 Å². The Hall–Kier alpha value is -0.530. The molecular formula is C12H17ClO. The van der Waals surface area contributed by atoms with Gasteiger partial charge in [-0.2, -0.15) is 0 Å². The number of aryl methyl sites for hydroxylation is 1. The van der Waals surface area contributed by atoms with Gasteiger partial charge in [0.05, 0.1) is 11.5 Å². The quantitative estimate of drug-likeness (QED) is 0.747. The highest BCUT2D eigenvalue weighted by Crippen LogP contribution is 2.26. The molecule has 0 amide bonds. The molecule has 0 fully saturated rings. The summed E-state index contributed by atoms with van der Waals surface area (Å²) in [6.45, 7) is 7.98. The van der Waals surface area contributed by atoms with Gasteiger partial charge in [0.1, 0.15) is 0 Å². The van der Waals surface area contributed by atoms with Gasteiger partial charge in [-0.1, -0.05) is 12.1 Å². The molecule has 14 heavy (non-hydrogen) atoms. The molecule has 0 aliphatic heterocycles. The van der Waals surface area contributed by atoms with Crippen LogP contribution in [-0.2, 0) is 0 Å². The summed E-state index contributed by atoms with van der Waals surface area (Å²) in [5.41, 5.74) is 4.57. The van der Waals surface area contributed by atoms with Crippen molar-refractivity contribution in [1.82, 2.24) is 0 Å². The fourth-order valence-electron chi connectivity index (χ4n) is 1.54. The van der Waals surface area contributed by atoms with Crippen LogP contribution in [-0.4, -0.2) is 10.5 Å². The van der Waals surface area contributed by atoms with Crippen LogP contribution in [0.4, 0.5) is 0 Å². The zero-order chi connectivity index (χ0) is 10.9. The Morgan fingerprint density at radius 3 is 2.21 bits per heavy atom. The molecule has 0 spiro atoms. The van der Waals surface area contributed by atoms with Gasteiger partial charge < -0.3 is 5.11 Å². The van der Waals surface area contributed by atoms with E-state index in [-0.39, 0.29) is 5.38 Å². The van der Waals surface area contributed by atoms with Crippen molar-refractivity contribution in [3.05, 3.63) is 34.4 Å². The smallest absolute Gasteiger partial charge is 0.0953 e. The molecule has 0 heterocycles. The SMILES string of the molecule is Cc1ccc(C(O)C(C)Cl)c(C)c1C. The topological polar surface area (TPSA) is 20.2 Å². The predicted molar refractivity (Wildman–Crippen MR) is 60.9 cm³/mol. The second kappa shape index (κ2) is 4.33. The third-order valence-corrected chi connectivity index (χ3v) is 3.09. The van der Waals surface area contributed by atoms with Gasteiger partial charge in [-0.3, -0.25) is 0 Å². The molecule has 0 aromatic heterocycles. The first-order valence-electron chi connectivity index (χ1n) is 4.84. The Balaban J connectivity index is 3.17. The van der Waals surface area contributed by atoms with Gasteiger partial charge in [0, 0.05) is 0 Å². The molecule has 1 rings (SSSR count). The summed E-state index contributed by atoms with van der Waals surface area (Å²) in [5, 5.41) is 9.61. The van der Waals surface area contributed by atoms with E-state index in [1.165, 1.54) is 11.1 Å². The second-order valence-corrected chi connectivity index (χ2v) is 4.53. The molecule has 0 aliphatic rings. The minimum Gasteiger partial charge on any atom is -0.387 e. The fraction of sp³-hybridized carbons (Fsp3) is 0.500. The molecule has 1 aromatic carbocycles. The largest absolute Gasteiger partial charge is 0.387 e. The maximum atomic E-state index is 9.86. The van der Waals surface area contributed by atoms with Crippen molar-refractivity contribution in [2.24, 2.45) is 0 Å². The molecule has 1 N–H and O–H groups in total. The van der Waals surface area contributed by atoms with Gasteiger partial charge in [-0.15, -0.1) is 11.6 Å². The first-order chi connectivity index (χ1) is 6.45. The first kappa shape index (κ1) is 11.5. The summed E-state index contributed by atoms with van der Waals surface area (Å²) >= 11 is 5.88. The molecule has 2 unspecified atom stereocenters. The van der Waals surface area contributed by atoms with Crippen LogP contribution in [0.3, 0.4) is 0 Å². The van der Waals surface area contributed by atoms with Crippen molar-refractivity contribution in [1.29, 1.82) is 0 Å². The van der Waals surface area contributed by atoms with Crippen molar-refractivity contribution >= 4 is 11.6 Å². The molecular weight excluding hydrogens is 196 g/mol. The lowest BCUT2D eigenvalue weighted by atomic mass is 9.94. The van der Waals surface area contributed by atoms with E-state index in [1.54, 1.807) is 6.92 Å². The molecule has 2 heteroatoms. The summed E-state index contributed by atoms with van der Waals surface area (Å²) in [6, 6.07) is 3.99. The van der Waals surface area contributed by atoms with Gasteiger partial charge in [0.15, 0.2) is 0 Å². The summed E-state index contributed by atoms with van der Waals surface area (Å²) in [7, 11) is 0. The predicted octanol–water partition coefficient (Wildman–Crippen LogP) is 3.27. The lowest BCUT2D eigenvalue weighted by Crippen LogP contribution is -2.10. The number of aliphatic hydroxyl groups is 1. The van der Waals surface area contributed by atoms with Gasteiger partial charge >= 0.3 is 0 Å². The minimum absolute atomic E-state index is 0.254. The summed E-state index contributed by atoms with van der Waals surface area (Å²) in [4.78, 5) is 0. The van der Waals surface area contributed by atoms with Crippen molar-refractivity contribution < 1.29 is 5.11 Å². The molecule has 0 saturated carbocycles. The van der Waals surface area contributed by atoms with E-state index < -0.39 is 6.10 Å². The fourth-order valence-corrected chi connectivity index (χ4v) is 1.68. The van der Waals surface area contributed by atoms with E-state index in [0.717, 1.165) is 11.1 Å². The van der Waals surface area contributed by atoms with Gasteiger partial charge in [-0.05, 0) is 49.9 Å². The highest BCUT2D eigenvalue weighted by atomic mass is 35.5. The van der Waals surface area contributed by atoms with E-state index in [0.29, 0.717) is 0 Å². The summed E-state index contributed by atoms with van der Waals surface area (Å²) < 4.78 is 0. The molecule has 0 radical (unpaired) electrons. The highest BCUT2D eigenvalue weighted by molar-refractivity contribution is 6.20. The van der Waals surface area contributed by atoms with Crippen LogP contribution in [0.1, 0.15) is 35.3 Å². The molecule has 0 aliphatic carbocycles. The van der Waals surface area contributed by atoms with E-state index in [4.69, 9.17) is 11.6 Å². The average Bonchev–Trinajstić information content (AvgIpc) is 2.13. The van der Waals surface area contributed by atoms with Gasteiger partial charge in [-0.25, -0.2) is 0 Å². The number of hydrogen-bond acceptors (Lipinski definition) is 1. The van der Waals surface area contributed by atoms with Crippen LogP contribution in [0.5, 0.6) is 0 Å². The van der Waals surface area contributed by atoms with Crippen molar-refractivity contribution in [3.8, 4) is 0 Å². The Bertz CT molecular complexity index is 331. The lowest BCUT2D eigenvalue weighted by Gasteiger charge is -2.18. The average molecular weight is 213 g/mol. The van der Waals surface area contributed by atoms with Crippen LogP contribution in [0, 0.1) is 20.8 Å². The van der Waals surface area contributed by atoms with Crippen LogP contribution >= 0.6 is 11.6 Å². The minimum atomic E-state index is -0.573. The normalized spacial score (nSPS) is 15.3. The summed E-state index contributed by atoms with van der Waals surface area (Å²) in [5.74, 6) is 0. The van der Waals surface area contributed by atoms with E-state index in [2.05, 4.69) is 13.8 Å². The third-order valence-electron chi connectivity index (χ3n) is 2.85. The van der Waals surface area contributed by atoms with Gasteiger partial charge in [0.2, 0.25) is 0 Å². The molecule has 0 saturated heterocycles. The lowest BCUT2D eigenvalue weighted by molar-refractivity contribution is 0.176. The zero-order valence-corrected chi connectivity index (χ0v) is 9.89. The van der Waals surface area contributed by atoms with Crippen LogP contribution in [0.15, 0.2) is 12.1 Å². The number of benzene rings is 1. The Morgan fingerprint density at radius 2 is 1.71 bits per heavy atom. The number of alkyl halides is 1. The van der Waals surface area contributed by atoms with E-state index in [9.17, 15) is 5.11 Å². The van der Waals surface area contributed by atoms with Crippen LogP contribution in [0.25, 0.3) is 0 Å². The van der Waals surface area contributed by atoms with Gasteiger partial charge in [0.25, 0.3) is 0 Å². The Kier molecular flexibility index (Phi) is 3.57. The van der Waals surface area contributed by atoms with Crippen molar-refractivity contribution in [2.75, 3.05) is 0 Å². The Labute approximate surface area is 90.7 Å². The molecule has 1 aromatic rings. The van der Waals surface area contributed by atoms with Crippen molar-refractivity contribution in [2.45, 2.75) is 39.2 Å². The molecule has 78 valence electrons. The third kappa shape index (κ3) is 2.10. The number of hydrogen-bond donors (Lipinski definition) is 1. The monoisotopic (exact) mass is 212 g/mol. The maximum Gasteiger partial charge on any atom is 0.0953 e. The molecule has 0 bridgehead atoms. The standard InChI is InChI=1S/C12H17ClO/c1-7-5-6-11(9(3)8(7)2)12(14)10(4)13/h5-6,10,12,14H,1-4H3. The highest BCUT2D eigenvalue weighted by Gasteiger charge is 2.16. The Morgan fingerprint density at radius 1 is 1.14 bits per heavy atom. The second-order valence-electron chi connectivity index (χ2n) is 3.84. The molecule has 2 atom stereocenters. The number of aliphatic hydroxyl groups excluding tert-OH is 1. The maximum absolute atomic E-state index is 9.86. The van der Waals surface area contributed by atoms with Crippen LogP contribution in [0.2, 0.25) is 0 Å². The van der Waals surface area contributed by atoms with E-state index >= 15 is 0 Å². The number of halogens is 1. The first-order valence-corrected chi connectivity index (χ1v) is 5.27.